The number of fused-ring (bicyclic) bond motifs is 6. The van der Waals surface area contributed by atoms with E-state index in [1.54, 1.807) is 6.07 Å². The van der Waals surface area contributed by atoms with Crippen LogP contribution in [0.4, 0.5) is 17.6 Å². The standard InChI is InChI=1S/C32H34ClF4NO3/c1-28(34,32(35,36)37)22-5-8-24-21(18-22)4-9-25-31(24,19-20-2-6-23(33)7-3-20)16-17-38(25)26(39)29-10-13-30(14-11-29,15-12-29)27(40)41/h2-3,5-8,18,25H,4,9-17,19H2,1H3,(H,40,41). The number of alkyl halides is 4. The van der Waals surface area contributed by atoms with Crippen molar-refractivity contribution in [3.63, 3.8) is 0 Å². The summed E-state index contributed by atoms with van der Waals surface area (Å²) in [4.78, 5) is 28.3. The van der Waals surface area contributed by atoms with E-state index >= 15 is 0 Å². The SMILES string of the molecule is CC(F)(c1ccc2c(c1)CCC1N(C(=O)C34CCC(C(=O)O)(CC3)CC4)CCC21Cc1ccc(Cl)cc1)C(F)(F)F. The predicted octanol–water partition coefficient (Wildman–Crippen LogP) is 7.54. The highest BCUT2D eigenvalue weighted by Gasteiger charge is 2.60. The second kappa shape index (κ2) is 9.45. The summed E-state index contributed by atoms with van der Waals surface area (Å²) in [5.74, 6) is -0.674. The molecule has 220 valence electrons. The normalized spacial score (nSPS) is 32.2. The largest absolute Gasteiger partial charge is 0.481 e. The fourth-order valence-corrected chi connectivity index (χ4v) is 8.49. The number of carbonyl (C=O) groups excluding carboxylic acids is 1. The predicted molar refractivity (Wildman–Crippen MR) is 146 cm³/mol. The summed E-state index contributed by atoms with van der Waals surface area (Å²) in [6.45, 7) is 1.08. The van der Waals surface area contributed by atoms with Gasteiger partial charge in [0, 0.05) is 28.4 Å². The summed E-state index contributed by atoms with van der Waals surface area (Å²) in [5, 5.41) is 10.4. The Morgan fingerprint density at radius 1 is 0.951 bits per heavy atom. The van der Waals surface area contributed by atoms with Gasteiger partial charge in [-0.3, -0.25) is 9.59 Å². The molecule has 4 fully saturated rings. The molecule has 2 aromatic rings. The molecule has 7 rings (SSSR count). The minimum atomic E-state index is -5.03. The molecule has 3 atom stereocenters. The molecular weight excluding hydrogens is 558 g/mol. The van der Waals surface area contributed by atoms with E-state index in [1.807, 2.05) is 29.2 Å². The van der Waals surface area contributed by atoms with Crippen LogP contribution in [0.5, 0.6) is 0 Å². The van der Waals surface area contributed by atoms with Crippen LogP contribution < -0.4 is 0 Å². The summed E-state index contributed by atoms with van der Waals surface area (Å²) < 4.78 is 55.6. The zero-order valence-corrected chi connectivity index (χ0v) is 23.8. The average molecular weight is 592 g/mol. The number of nitrogens with zero attached hydrogens (tertiary/aromatic N) is 1. The summed E-state index contributed by atoms with van der Waals surface area (Å²) in [6.07, 6.45) is 0.427. The van der Waals surface area contributed by atoms with Crippen LogP contribution in [-0.2, 0) is 33.5 Å². The number of hydrogen-bond acceptors (Lipinski definition) is 2. The monoisotopic (exact) mass is 591 g/mol. The highest BCUT2D eigenvalue weighted by molar-refractivity contribution is 6.30. The lowest BCUT2D eigenvalue weighted by Gasteiger charge is -2.52. The second-order valence-electron chi connectivity index (χ2n) is 13.0. The average Bonchev–Trinajstić information content (AvgIpc) is 3.33. The number of amides is 1. The van der Waals surface area contributed by atoms with E-state index in [-0.39, 0.29) is 11.9 Å². The van der Waals surface area contributed by atoms with E-state index < -0.39 is 39.6 Å². The van der Waals surface area contributed by atoms with Gasteiger partial charge < -0.3 is 10.0 Å². The first kappa shape index (κ1) is 28.5. The Hall–Kier alpha value is -2.61. The molecule has 0 aromatic heterocycles. The molecule has 1 N–H and O–H groups in total. The molecule has 2 bridgehead atoms. The summed E-state index contributed by atoms with van der Waals surface area (Å²) in [6, 6.07) is 11.6. The Kier molecular flexibility index (Phi) is 6.57. The van der Waals surface area contributed by atoms with E-state index in [2.05, 4.69) is 0 Å². The molecule has 1 heterocycles. The number of benzene rings is 2. The third kappa shape index (κ3) is 4.30. The van der Waals surface area contributed by atoms with Crippen LogP contribution >= 0.6 is 11.6 Å². The van der Waals surface area contributed by atoms with Crippen molar-refractivity contribution in [1.82, 2.24) is 4.90 Å². The Balaban J connectivity index is 1.37. The van der Waals surface area contributed by atoms with Gasteiger partial charge in [0.05, 0.1) is 5.41 Å². The fourth-order valence-electron chi connectivity index (χ4n) is 8.36. The molecule has 9 heteroatoms. The first-order chi connectivity index (χ1) is 19.2. The summed E-state index contributed by atoms with van der Waals surface area (Å²) >= 11 is 6.14. The smallest absolute Gasteiger partial charge is 0.426 e. The quantitative estimate of drug-likeness (QED) is 0.366. The molecule has 5 aliphatic rings. The van der Waals surface area contributed by atoms with Crippen molar-refractivity contribution in [3.8, 4) is 0 Å². The first-order valence-electron chi connectivity index (χ1n) is 14.4. The molecule has 1 aliphatic heterocycles. The van der Waals surface area contributed by atoms with Gasteiger partial charge in [0.2, 0.25) is 11.6 Å². The zero-order valence-electron chi connectivity index (χ0n) is 23.0. The fraction of sp³-hybridized carbons (Fsp3) is 0.562. The molecule has 0 spiro atoms. The lowest BCUT2D eigenvalue weighted by molar-refractivity contribution is -0.228. The lowest BCUT2D eigenvalue weighted by atomic mass is 9.53. The maximum atomic E-state index is 15.0. The minimum absolute atomic E-state index is 0.0904. The maximum Gasteiger partial charge on any atom is 0.426 e. The Labute approximate surface area is 242 Å². The van der Waals surface area contributed by atoms with E-state index in [0.717, 1.165) is 11.1 Å². The highest BCUT2D eigenvalue weighted by atomic mass is 35.5. The van der Waals surface area contributed by atoms with E-state index in [1.165, 1.54) is 12.1 Å². The number of carboxylic acid groups (broad SMARTS) is 1. The Bertz CT molecular complexity index is 1360. The van der Waals surface area contributed by atoms with Crippen molar-refractivity contribution < 1.29 is 32.3 Å². The molecule has 3 saturated carbocycles. The van der Waals surface area contributed by atoms with Crippen molar-refractivity contribution in [1.29, 1.82) is 0 Å². The van der Waals surface area contributed by atoms with Crippen molar-refractivity contribution in [3.05, 3.63) is 69.7 Å². The van der Waals surface area contributed by atoms with E-state index in [9.17, 15) is 32.3 Å². The van der Waals surface area contributed by atoms with Gasteiger partial charge in [0.1, 0.15) is 0 Å². The molecule has 3 unspecified atom stereocenters. The minimum Gasteiger partial charge on any atom is -0.481 e. The number of aliphatic carboxylic acids is 1. The van der Waals surface area contributed by atoms with Gasteiger partial charge >= 0.3 is 12.1 Å². The van der Waals surface area contributed by atoms with Crippen LogP contribution in [0.2, 0.25) is 5.02 Å². The molecule has 0 radical (unpaired) electrons. The van der Waals surface area contributed by atoms with E-state index in [0.29, 0.717) is 88.3 Å². The molecule has 1 saturated heterocycles. The van der Waals surface area contributed by atoms with Crippen molar-refractivity contribution >= 4 is 23.5 Å². The number of hydrogen-bond donors (Lipinski definition) is 1. The summed E-state index contributed by atoms with van der Waals surface area (Å²) in [7, 11) is 0. The van der Waals surface area contributed by atoms with Gasteiger partial charge in [0.15, 0.2) is 0 Å². The molecule has 4 nitrogen and oxygen atoms in total. The van der Waals surface area contributed by atoms with Crippen molar-refractivity contribution in [2.75, 3.05) is 6.54 Å². The number of likely N-dealkylation sites (tertiary alicyclic amines) is 1. The third-order valence-electron chi connectivity index (χ3n) is 11.1. The van der Waals surface area contributed by atoms with E-state index in [4.69, 9.17) is 11.6 Å². The molecule has 4 aliphatic carbocycles. The van der Waals surface area contributed by atoms with Gasteiger partial charge in [0.25, 0.3) is 0 Å². The topological polar surface area (TPSA) is 57.6 Å². The first-order valence-corrected chi connectivity index (χ1v) is 14.8. The third-order valence-corrected chi connectivity index (χ3v) is 11.3. The molecule has 41 heavy (non-hydrogen) atoms. The second-order valence-corrected chi connectivity index (χ2v) is 13.4. The zero-order chi connectivity index (χ0) is 29.4. The summed E-state index contributed by atoms with van der Waals surface area (Å²) in [5.41, 5.74) is -3.08. The Morgan fingerprint density at radius 2 is 1.56 bits per heavy atom. The highest BCUT2D eigenvalue weighted by Crippen LogP contribution is 2.59. The van der Waals surface area contributed by atoms with Gasteiger partial charge in [-0.15, -0.1) is 0 Å². The lowest BCUT2D eigenvalue weighted by Crippen LogP contribution is -2.56. The van der Waals surface area contributed by atoms with Gasteiger partial charge in [-0.2, -0.15) is 13.2 Å². The Morgan fingerprint density at radius 3 is 2.15 bits per heavy atom. The van der Waals surface area contributed by atoms with Crippen LogP contribution in [-0.4, -0.2) is 40.6 Å². The maximum absolute atomic E-state index is 15.0. The van der Waals surface area contributed by atoms with Gasteiger partial charge in [-0.1, -0.05) is 41.9 Å². The van der Waals surface area contributed by atoms with Gasteiger partial charge in [-0.25, -0.2) is 4.39 Å². The number of halogens is 5. The number of rotatable bonds is 5. The molecule has 1 amide bonds. The van der Waals surface area contributed by atoms with Crippen LogP contribution in [0.1, 0.15) is 80.5 Å². The molecule has 2 aromatic carbocycles. The molecular formula is C32H34ClF4NO3. The van der Waals surface area contributed by atoms with Gasteiger partial charge in [-0.05, 0) is 106 Å². The van der Waals surface area contributed by atoms with Crippen molar-refractivity contribution in [2.45, 2.75) is 94.4 Å². The number of aryl methyl sites for hydroxylation is 1. The van der Waals surface area contributed by atoms with Crippen LogP contribution in [0.15, 0.2) is 42.5 Å². The number of carboxylic acids is 1. The van der Waals surface area contributed by atoms with Crippen LogP contribution in [0, 0.1) is 10.8 Å². The van der Waals surface area contributed by atoms with Crippen molar-refractivity contribution in [2.24, 2.45) is 10.8 Å². The van der Waals surface area contributed by atoms with Crippen LogP contribution in [0.3, 0.4) is 0 Å². The van der Waals surface area contributed by atoms with Crippen LogP contribution in [0.25, 0.3) is 0 Å². The number of carbonyl (C=O) groups is 2.